The summed E-state index contributed by atoms with van der Waals surface area (Å²) in [5, 5.41) is 42.9. The Kier molecular flexibility index (Phi) is 8.53. The second-order valence-electron chi connectivity index (χ2n) is 5.87. The van der Waals surface area contributed by atoms with E-state index in [0.717, 1.165) is 0 Å². The Morgan fingerprint density at radius 2 is 1.50 bits per heavy atom. The van der Waals surface area contributed by atoms with Gasteiger partial charge in [0.15, 0.2) is 0 Å². The third-order valence-corrected chi connectivity index (χ3v) is 8.82. The molecular formula is C17H12Br4N2O7. The number of nitro groups is 1. The van der Waals surface area contributed by atoms with E-state index in [1.165, 1.54) is 24.3 Å². The first-order valence-corrected chi connectivity index (χ1v) is 11.1. The molecule has 2 aromatic rings. The molecule has 0 radical (unpaired) electrons. The van der Waals surface area contributed by atoms with Crippen molar-refractivity contribution in [2.24, 2.45) is 0 Å². The molecule has 0 fully saturated rings. The molecule has 2 rings (SSSR count). The van der Waals surface area contributed by atoms with Gasteiger partial charge in [-0.25, -0.2) is 4.79 Å². The molecule has 30 heavy (non-hydrogen) atoms. The Morgan fingerprint density at radius 1 is 1.00 bits per heavy atom. The molecule has 9 nitrogen and oxygen atoms in total. The quantitative estimate of drug-likeness (QED) is 0.149. The van der Waals surface area contributed by atoms with E-state index in [2.05, 4.69) is 69.0 Å². The number of rotatable bonds is 7. The van der Waals surface area contributed by atoms with Gasteiger partial charge >= 0.3 is 5.97 Å². The fraction of sp³-hybridized carbons (Fsp3) is 0.176. The van der Waals surface area contributed by atoms with Crippen LogP contribution in [0.5, 0.6) is 0 Å². The van der Waals surface area contributed by atoms with E-state index in [0.29, 0.717) is 8.95 Å². The van der Waals surface area contributed by atoms with Crippen molar-refractivity contribution in [2.75, 3.05) is 6.61 Å². The van der Waals surface area contributed by atoms with Gasteiger partial charge in [-0.1, -0.05) is 0 Å². The molecule has 2 atom stereocenters. The number of carbonyl (C=O) groups is 2. The van der Waals surface area contributed by atoms with Crippen molar-refractivity contribution in [1.82, 2.24) is 5.32 Å². The van der Waals surface area contributed by atoms with E-state index in [9.17, 15) is 35.0 Å². The van der Waals surface area contributed by atoms with Gasteiger partial charge in [0.25, 0.3) is 11.6 Å². The number of amides is 1. The van der Waals surface area contributed by atoms with Crippen LogP contribution in [0.3, 0.4) is 0 Å². The van der Waals surface area contributed by atoms with Crippen molar-refractivity contribution in [2.45, 2.75) is 12.1 Å². The van der Waals surface area contributed by atoms with E-state index < -0.39 is 35.6 Å². The number of benzene rings is 2. The second kappa shape index (κ2) is 10.3. The van der Waals surface area contributed by atoms with Crippen LogP contribution in [0.2, 0.25) is 0 Å². The van der Waals surface area contributed by atoms with Crippen LogP contribution in [0.4, 0.5) is 5.69 Å². The van der Waals surface area contributed by atoms with Crippen LogP contribution in [0.1, 0.15) is 32.4 Å². The molecule has 0 saturated heterocycles. The van der Waals surface area contributed by atoms with Gasteiger partial charge < -0.3 is 20.6 Å². The van der Waals surface area contributed by atoms with E-state index in [-0.39, 0.29) is 31.3 Å². The molecule has 13 heteroatoms. The van der Waals surface area contributed by atoms with Gasteiger partial charge in [-0.15, -0.1) is 0 Å². The van der Waals surface area contributed by atoms with Gasteiger partial charge in [0, 0.05) is 30.0 Å². The summed E-state index contributed by atoms with van der Waals surface area (Å²) in [7, 11) is 0. The highest BCUT2D eigenvalue weighted by molar-refractivity contribution is 9.15. The van der Waals surface area contributed by atoms with E-state index >= 15 is 0 Å². The van der Waals surface area contributed by atoms with E-state index in [1.54, 1.807) is 0 Å². The molecule has 0 aromatic heterocycles. The minimum absolute atomic E-state index is 0.117. The molecule has 0 unspecified atom stereocenters. The maximum absolute atomic E-state index is 12.9. The number of hydrogen-bond acceptors (Lipinski definition) is 6. The topological polar surface area (TPSA) is 150 Å². The van der Waals surface area contributed by atoms with Gasteiger partial charge in [0.1, 0.15) is 6.10 Å². The normalized spacial score (nSPS) is 12.9. The molecule has 1 amide bonds. The molecule has 0 spiro atoms. The lowest BCUT2D eigenvalue weighted by atomic mass is 10.0. The maximum atomic E-state index is 12.9. The number of carboxylic acid groups (broad SMARTS) is 1. The second-order valence-corrected chi connectivity index (χ2v) is 9.04. The van der Waals surface area contributed by atoms with Crippen LogP contribution in [-0.2, 0) is 0 Å². The van der Waals surface area contributed by atoms with E-state index in [1.807, 2.05) is 0 Å². The first kappa shape index (κ1) is 24.9. The molecule has 0 aliphatic heterocycles. The predicted molar refractivity (Wildman–Crippen MR) is 121 cm³/mol. The summed E-state index contributed by atoms with van der Waals surface area (Å²) in [5.41, 5.74) is -0.541. The van der Waals surface area contributed by atoms with Gasteiger partial charge in [0.2, 0.25) is 0 Å². The molecule has 0 aliphatic carbocycles. The van der Waals surface area contributed by atoms with Crippen LogP contribution in [0.15, 0.2) is 42.2 Å². The zero-order valence-electron chi connectivity index (χ0n) is 14.6. The zero-order chi connectivity index (χ0) is 22.7. The highest BCUT2D eigenvalue weighted by Gasteiger charge is 2.30. The number of nitro benzene ring substituents is 1. The highest BCUT2D eigenvalue weighted by Crippen LogP contribution is 2.42. The monoisotopic (exact) mass is 672 g/mol. The van der Waals surface area contributed by atoms with Crippen LogP contribution in [0, 0.1) is 10.1 Å². The van der Waals surface area contributed by atoms with Crippen LogP contribution in [0.25, 0.3) is 0 Å². The number of carbonyl (C=O) groups excluding carboxylic acids is 1. The van der Waals surface area contributed by atoms with Gasteiger partial charge in [-0.3, -0.25) is 14.9 Å². The summed E-state index contributed by atoms with van der Waals surface area (Å²) >= 11 is 12.8. The number of aliphatic hydroxyl groups excluding tert-OH is 2. The molecule has 2 aromatic carbocycles. The smallest absolute Gasteiger partial charge is 0.337 e. The number of aliphatic hydroxyl groups is 2. The predicted octanol–water partition coefficient (Wildman–Crippen LogP) is 4.17. The van der Waals surface area contributed by atoms with Crippen molar-refractivity contribution in [3.05, 3.63) is 69.0 Å². The maximum Gasteiger partial charge on any atom is 0.337 e. The summed E-state index contributed by atoms with van der Waals surface area (Å²) in [6.45, 7) is -0.678. The molecule has 0 bridgehead atoms. The minimum Gasteiger partial charge on any atom is -0.478 e. The lowest BCUT2D eigenvalue weighted by Crippen LogP contribution is -2.42. The first-order chi connectivity index (χ1) is 14.0. The largest absolute Gasteiger partial charge is 0.478 e. The third kappa shape index (κ3) is 5.08. The van der Waals surface area contributed by atoms with Gasteiger partial charge in [-0.2, -0.15) is 0 Å². The number of carboxylic acids is 1. The Morgan fingerprint density at radius 3 is 1.93 bits per heavy atom. The highest BCUT2D eigenvalue weighted by atomic mass is 79.9. The van der Waals surface area contributed by atoms with Gasteiger partial charge in [0.05, 0.1) is 28.7 Å². The fourth-order valence-corrected chi connectivity index (χ4v) is 5.00. The Labute approximate surface area is 203 Å². The van der Waals surface area contributed by atoms with Crippen LogP contribution < -0.4 is 5.32 Å². The molecule has 0 saturated carbocycles. The van der Waals surface area contributed by atoms with Crippen LogP contribution >= 0.6 is 63.7 Å². The number of nitrogens with zero attached hydrogens (tertiary/aromatic N) is 1. The SMILES string of the molecule is O=C(O)c1c(Br)c(Br)c(Br)c(Br)c1C(=O)N[C@H](CO)[C@@H](O)c1ccc([N+](=O)[O-])cc1. The lowest BCUT2D eigenvalue weighted by Gasteiger charge is -2.24. The molecule has 0 aliphatic rings. The zero-order valence-corrected chi connectivity index (χ0v) is 20.9. The van der Waals surface area contributed by atoms with Crippen molar-refractivity contribution in [1.29, 1.82) is 0 Å². The third-order valence-electron chi connectivity index (χ3n) is 4.05. The average molecular weight is 676 g/mol. The van der Waals surface area contributed by atoms with Crippen molar-refractivity contribution < 1.29 is 29.8 Å². The van der Waals surface area contributed by atoms with Crippen molar-refractivity contribution in [3.8, 4) is 0 Å². The number of aromatic carboxylic acids is 1. The van der Waals surface area contributed by atoms with Crippen molar-refractivity contribution in [3.63, 3.8) is 0 Å². The summed E-state index contributed by atoms with van der Waals surface area (Å²) in [6.07, 6.45) is -1.41. The number of non-ortho nitro benzene ring substituents is 1. The standard InChI is InChI=1S/C17H12Br4N2O7/c18-11-9(10(17(27)28)12(19)14(21)13(11)20)16(26)22-8(5-24)15(25)6-1-3-7(4-2-6)23(29)30/h1-4,8,15,24-25H,5H2,(H,22,26)(H,27,28)/t8-,15+/m1/s1. The van der Waals surface area contributed by atoms with Gasteiger partial charge in [-0.05, 0) is 81.4 Å². The lowest BCUT2D eigenvalue weighted by molar-refractivity contribution is -0.384. The summed E-state index contributed by atoms with van der Waals surface area (Å²) in [4.78, 5) is 34.8. The molecule has 0 heterocycles. The Hall–Kier alpha value is -1.38. The first-order valence-electron chi connectivity index (χ1n) is 7.94. The number of halogens is 4. The number of nitrogens with one attached hydrogen (secondary N) is 1. The average Bonchev–Trinajstić information content (AvgIpc) is 2.71. The summed E-state index contributed by atoms with van der Waals surface area (Å²) in [5.74, 6) is -2.24. The number of hydrogen-bond donors (Lipinski definition) is 4. The molecule has 4 N–H and O–H groups in total. The fourth-order valence-electron chi connectivity index (χ4n) is 2.54. The summed E-state index contributed by atoms with van der Waals surface area (Å²) in [6, 6.07) is 3.73. The Bertz CT molecular complexity index is 1010. The molecular weight excluding hydrogens is 664 g/mol. The summed E-state index contributed by atoms with van der Waals surface area (Å²) < 4.78 is 1.01. The minimum atomic E-state index is -1.41. The Balaban J connectivity index is 2.40. The van der Waals surface area contributed by atoms with Crippen LogP contribution in [-0.4, -0.2) is 44.8 Å². The molecule has 160 valence electrons. The van der Waals surface area contributed by atoms with E-state index in [4.69, 9.17) is 0 Å². The van der Waals surface area contributed by atoms with Crippen molar-refractivity contribution >= 4 is 81.3 Å².